The summed E-state index contributed by atoms with van der Waals surface area (Å²) in [5.41, 5.74) is 5.82. The van der Waals surface area contributed by atoms with E-state index in [0.29, 0.717) is 5.92 Å². The summed E-state index contributed by atoms with van der Waals surface area (Å²) < 4.78 is 0. The Morgan fingerprint density at radius 3 is 1.33 bits per heavy atom. The first-order valence-electron chi connectivity index (χ1n) is 12.5. The van der Waals surface area contributed by atoms with Gasteiger partial charge in [-0.25, -0.2) is 0 Å². The Kier molecular flexibility index (Phi) is 8.14. The van der Waals surface area contributed by atoms with Crippen LogP contribution in [0.5, 0.6) is 0 Å². The van der Waals surface area contributed by atoms with Gasteiger partial charge in [-0.3, -0.25) is 0 Å². The Morgan fingerprint density at radius 2 is 0.909 bits per heavy atom. The van der Waals surface area contributed by atoms with Crippen molar-refractivity contribution < 1.29 is 0 Å². The van der Waals surface area contributed by atoms with Gasteiger partial charge in [-0.05, 0) is 41.5 Å². The fourth-order valence-corrected chi connectivity index (χ4v) is 5.37. The average Bonchev–Trinajstić information content (AvgIpc) is 2.90. The molecule has 0 heterocycles. The van der Waals surface area contributed by atoms with Crippen molar-refractivity contribution in [3.05, 3.63) is 144 Å². The zero-order valence-corrected chi connectivity index (χ0v) is 19.9. The fraction of sp³-hybridized carbons (Fsp3) is 0.273. The number of benzene rings is 4. The van der Waals surface area contributed by atoms with Crippen molar-refractivity contribution in [2.75, 3.05) is 0 Å². The second-order valence-electron chi connectivity index (χ2n) is 9.18. The molecule has 0 amide bonds. The quantitative estimate of drug-likeness (QED) is 0.222. The predicted octanol–water partition coefficient (Wildman–Crippen LogP) is 9.17. The Morgan fingerprint density at radius 1 is 0.515 bits per heavy atom. The molecule has 33 heavy (non-hydrogen) atoms. The second-order valence-corrected chi connectivity index (χ2v) is 9.18. The minimum atomic E-state index is 0.0659. The van der Waals surface area contributed by atoms with Crippen LogP contribution >= 0.6 is 0 Å². The van der Waals surface area contributed by atoms with Gasteiger partial charge in [0.25, 0.3) is 0 Å². The molecule has 0 heteroatoms. The van der Waals surface area contributed by atoms with Crippen molar-refractivity contribution in [3.63, 3.8) is 0 Å². The Bertz CT molecular complexity index is 973. The van der Waals surface area contributed by atoms with Gasteiger partial charge in [0, 0.05) is 11.3 Å². The van der Waals surface area contributed by atoms with E-state index in [2.05, 4.69) is 128 Å². The van der Waals surface area contributed by atoms with Gasteiger partial charge in [-0.2, -0.15) is 0 Å². The molecule has 0 saturated heterocycles. The summed E-state index contributed by atoms with van der Waals surface area (Å²) in [5, 5.41) is 0. The first kappa shape index (κ1) is 23.1. The number of hydrogen-bond donors (Lipinski definition) is 0. The maximum atomic E-state index is 2.34. The van der Waals surface area contributed by atoms with Crippen LogP contribution in [-0.4, -0.2) is 0 Å². The molecule has 4 rings (SSSR count). The van der Waals surface area contributed by atoms with Gasteiger partial charge >= 0.3 is 0 Å². The van der Waals surface area contributed by atoms with Gasteiger partial charge < -0.3 is 0 Å². The lowest BCUT2D eigenvalue weighted by Crippen LogP contribution is -2.28. The highest BCUT2D eigenvalue weighted by Crippen LogP contribution is 2.43. The SMILES string of the molecule is CCCCC(CCCC(c1ccccc1)c1ccccc1)(c1ccccc1)c1ccccc1. The van der Waals surface area contributed by atoms with E-state index in [-0.39, 0.29) is 5.41 Å². The van der Waals surface area contributed by atoms with Gasteiger partial charge in [0.15, 0.2) is 0 Å². The number of hydrogen-bond acceptors (Lipinski definition) is 0. The smallest absolute Gasteiger partial charge is 0.0202 e. The lowest BCUT2D eigenvalue weighted by Gasteiger charge is -2.36. The van der Waals surface area contributed by atoms with Gasteiger partial charge in [0.05, 0.1) is 0 Å². The Balaban J connectivity index is 1.65. The highest BCUT2D eigenvalue weighted by atomic mass is 14.4. The zero-order valence-electron chi connectivity index (χ0n) is 19.9. The topological polar surface area (TPSA) is 0 Å². The molecule has 0 fully saturated rings. The molecule has 0 atom stereocenters. The van der Waals surface area contributed by atoms with Crippen LogP contribution in [0, 0.1) is 0 Å². The third-order valence-electron chi connectivity index (χ3n) is 7.11. The minimum Gasteiger partial charge on any atom is -0.0654 e. The predicted molar refractivity (Wildman–Crippen MR) is 142 cm³/mol. The van der Waals surface area contributed by atoms with Crippen LogP contribution in [0.15, 0.2) is 121 Å². The van der Waals surface area contributed by atoms with E-state index in [1.165, 1.54) is 47.9 Å². The van der Waals surface area contributed by atoms with Crippen molar-refractivity contribution >= 4 is 0 Å². The summed E-state index contributed by atoms with van der Waals surface area (Å²) in [5.74, 6) is 0.433. The monoisotopic (exact) mass is 432 g/mol. The van der Waals surface area contributed by atoms with Crippen molar-refractivity contribution in [2.45, 2.75) is 56.8 Å². The second kappa shape index (κ2) is 11.7. The number of rotatable bonds is 11. The summed E-state index contributed by atoms with van der Waals surface area (Å²) in [7, 11) is 0. The van der Waals surface area contributed by atoms with E-state index in [0.717, 1.165) is 12.8 Å². The van der Waals surface area contributed by atoms with Crippen LogP contribution in [-0.2, 0) is 5.41 Å². The molecule has 168 valence electrons. The zero-order chi connectivity index (χ0) is 22.8. The summed E-state index contributed by atoms with van der Waals surface area (Å²) in [4.78, 5) is 0. The van der Waals surface area contributed by atoms with Crippen LogP contribution in [0.2, 0.25) is 0 Å². The van der Waals surface area contributed by atoms with Crippen molar-refractivity contribution in [3.8, 4) is 0 Å². The molecule has 4 aromatic carbocycles. The van der Waals surface area contributed by atoms with Gasteiger partial charge in [-0.15, -0.1) is 0 Å². The molecule has 0 saturated carbocycles. The minimum absolute atomic E-state index is 0.0659. The third-order valence-corrected chi connectivity index (χ3v) is 7.11. The molecule has 0 radical (unpaired) electrons. The first-order chi connectivity index (χ1) is 16.3. The summed E-state index contributed by atoms with van der Waals surface area (Å²) >= 11 is 0. The van der Waals surface area contributed by atoms with Crippen LogP contribution in [0.25, 0.3) is 0 Å². The maximum Gasteiger partial charge on any atom is 0.0202 e. The molecule has 4 aromatic rings. The summed E-state index contributed by atoms with van der Waals surface area (Å²) in [6.07, 6.45) is 7.16. The average molecular weight is 433 g/mol. The van der Waals surface area contributed by atoms with Crippen LogP contribution in [0.4, 0.5) is 0 Å². The molecule has 0 spiro atoms. The standard InChI is InChI=1S/C33H36/c1-2-3-26-33(30-21-12-6-13-22-30,31-23-14-7-15-24-31)27-16-25-32(28-17-8-4-9-18-28)29-19-10-5-11-20-29/h4-15,17-24,32H,2-3,16,25-27H2,1H3. The Labute approximate surface area is 200 Å². The van der Waals surface area contributed by atoms with Crippen LogP contribution in [0.1, 0.15) is 73.6 Å². The highest BCUT2D eigenvalue weighted by molar-refractivity contribution is 5.39. The van der Waals surface area contributed by atoms with E-state index in [1.807, 2.05) is 0 Å². The van der Waals surface area contributed by atoms with Crippen LogP contribution in [0.3, 0.4) is 0 Å². The maximum absolute atomic E-state index is 2.34. The molecule has 0 aliphatic rings. The molecule has 0 N–H and O–H groups in total. The van der Waals surface area contributed by atoms with E-state index in [4.69, 9.17) is 0 Å². The molecular weight excluding hydrogens is 396 g/mol. The third kappa shape index (κ3) is 5.63. The first-order valence-corrected chi connectivity index (χ1v) is 12.5. The molecule has 0 aromatic heterocycles. The summed E-state index contributed by atoms with van der Waals surface area (Å²) in [6.45, 7) is 2.31. The normalized spacial score (nSPS) is 11.6. The van der Waals surface area contributed by atoms with Gasteiger partial charge in [-0.1, -0.05) is 148 Å². The molecule has 0 nitrogen and oxygen atoms in total. The highest BCUT2D eigenvalue weighted by Gasteiger charge is 2.33. The van der Waals surface area contributed by atoms with E-state index >= 15 is 0 Å². The Hall–Kier alpha value is -3.12. The van der Waals surface area contributed by atoms with E-state index < -0.39 is 0 Å². The fourth-order valence-electron chi connectivity index (χ4n) is 5.37. The van der Waals surface area contributed by atoms with Gasteiger partial charge in [0.2, 0.25) is 0 Å². The van der Waals surface area contributed by atoms with E-state index in [1.54, 1.807) is 0 Å². The lowest BCUT2D eigenvalue weighted by molar-refractivity contribution is 0.398. The number of unbranched alkanes of at least 4 members (excludes halogenated alkanes) is 1. The van der Waals surface area contributed by atoms with Crippen LogP contribution < -0.4 is 0 Å². The molecule has 0 bridgehead atoms. The molecule has 0 aliphatic carbocycles. The summed E-state index contributed by atoms with van der Waals surface area (Å²) in [6, 6.07) is 44.5. The van der Waals surface area contributed by atoms with Gasteiger partial charge in [0.1, 0.15) is 0 Å². The largest absolute Gasteiger partial charge is 0.0654 e. The lowest BCUT2D eigenvalue weighted by atomic mass is 9.67. The molecule has 0 unspecified atom stereocenters. The van der Waals surface area contributed by atoms with Crippen molar-refractivity contribution in [1.82, 2.24) is 0 Å². The molecule has 0 aliphatic heterocycles. The van der Waals surface area contributed by atoms with Crippen molar-refractivity contribution in [1.29, 1.82) is 0 Å². The molecular formula is C33H36. The van der Waals surface area contributed by atoms with Crippen molar-refractivity contribution in [2.24, 2.45) is 0 Å². The van der Waals surface area contributed by atoms with E-state index in [9.17, 15) is 0 Å².